The SMILES string of the molecule is Cc1cc(C#N)cc(Nc2ccc(F)c(C(F)(F)F)c2)n1. The summed E-state index contributed by atoms with van der Waals surface area (Å²) in [5.74, 6) is -1.13. The number of nitrogens with zero attached hydrogens (tertiary/aromatic N) is 2. The maximum Gasteiger partial charge on any atom is 0.419 e. The Morgan fingerprint density at radius 1 is 1.19 bits per heavy atom. The summed E-state index contributed by atoms with van der Waals surface area (Å²) in [6.07, 6.45) is -4.78. The average Bonchev–Trinajstić information content (AvgIpc) is 2.39. The zero-order chi connectivity index (χ0) is 15.6. The number of rotatable bonds is 2. The van der Waals surface area contributed by atoms with Crippen LogP contribution in [0.5, 0.6) is 0 Å². The third-order valence-corrected chi connectivity index (χ3v) is 2.63. The van der Waals surface area contributed by atoms with E-state index in [1.807, 2.05) is 6.07 Å². The molecule has 0 aliphatic heterocycles. The van der Waals surface area contributed by atoms with Crippen LogP contribution in [-0.2, 0) is 6.18 Å². The molecule has 2 rings (SSSR count). The number of halogens is 4. The molecule has 1 aromatic carbocycles. The van der Waals surface area contributed by atoms with Gasteiger partial charge in [-0.05, 0) is 37.3 Å². The Bertz CT molecular complexity index is 717. The van der Waals surface area contributed by atoms with Crippen LogP contribution in [0.2, 0.25) is 0 Å². The molecule has 3 nitrogen and oxygen atoms in total. The second kappa shape index (κ2) is 5.40. The van der Waals surface area contributed by atoms with Crippen LogP contribution < -0.4 is 5.32 Å². The first-order chi connectivity index (χ1) is 9.79. The Kier molecular flexibility index (Phi) is 3.80. The standard InChI is InChI=1S/C14H9F4N3/c1-8-4-9(7-19)5-13(20-8)21-10-2-3-12(15)11(6-10)14(16,17)18/h2-6H,1H3,(H,20,21). The largest absolute Gasteiger partial charge is 0.419 e. The number of hydrogen-bond acceptors (Lipinski definition) is 3. The highest BCUT2D eigenvalue weighted by atomic mass is 19.4. The lowest BCUT2D eigenvalue weighted by Crippen LogP contribution is -2.08. The first-order valence-electron chi connectivity index (χ1n) is 5.82. The fourth-order valence-corrected chi connectivity index (χ4v) is 1.77. The molecule has 2 aromatic rings. The van der Waals surface area contributed by atoms with Crippen LogP contribution >= 0.6 is 0 Å². The van der Waals surface area contributed by atoms with Gasteiger partial charge in [0.05, 0.1) is 17.2 Å². The Labute approximate surface area is 117 Å². The molecule has 1 heterocycles. The summed E-state index contributed by atoms with van der Waals surface area (Å²) >= 11 is 0. The van der Waals surface area contributed by atoms with Crippen molar-refractivity contribution in [1.29, 1.82) is 5.26 Å². The van der Waals surface area contributed by atoms with E-state index in [2.05, 4.69) is 10.3 Å². The second-order valence-electron chi connectivity index (χ2n) is 4.31. The first kappa shape index (κ1) is 14.8. The lowest BCUT2D eigenvalue weighted by Gasteiger charge is -2.11. The van der Waals surface area contributed by atoms with Gasteiger partial charge in [0.2, 0.25) is 0 Å². The maximum atomic E-state index is 13.2. The highest BCUT2D eigenvalue weighted by Crippen LogP contribution is 2.33. The van der Waals surface area contributed by atoms with E-state index in [0.29, 0.717) is 17.3 Å². The minimum Gasteiger partial charge on any atom is -0.340 e. The van der Waals surface area contributed by atoms with Crippen LogP contribution in [-0.4, -0.2) is 4.98 Å². The monoisotopic (exact) mass is 295 g/mol. The number of pyridine rings is 1. The van der Waals surface area contributed by atoms with Gasteiger partial charge in [0.1, 0.15) is 11.6 Å². The molecular weight excluding hydrogens is 286 g/mol. The number of aromatic nitrogens is 1. The van der Waals surface area contributed by atoms with Gasteiger partial charge in [-0.15, -0.1) is 0 Å². The molecule has 0 unspecified atom stereocenters. The molecule has 0 bridgehead atoms. The molecule has 1 aromatic heterocycles. The van der Waals surface area contributed by atoms with E-state index in [4.69, 9.17) is 5.26 Å². The van der Waals surface area contributed by atoms with Gasteiger partial charge < -0.3 is 5.32 Å². The summed E-state index contributed by atoms with van der Waals surface area (Å²) < 4.78 is 51.1. The molecule has 108 valence electrons. The van der Waals surface area contributed by atoms with Crippen LogP contribution in [0.25, 0.3) is 0 Å². The smallest absolute Gasteiger partial charge is 0.340 e. The average molecular weight is 295 g/mol. The number of nitrogens with one attached hydrogen (secondary N) is 1. The fraction of sp³-hybridized carbons (Fsp3) is 0.143. The van der Waals surface area contributed by atoms with Crippen molar-refractivity contribution in [3.63, 3.8) is 0 Å². The fourth-order valence-electron chi connectivity index (χ4n) is 1.77. The van der Waals surface area contributed by atoms with Crippen molar-refractivity contribution in [2.24, 2.45) is 0 Å². The zero-order valence-corrected chi connectivity index (χ0v) is 10.8. The summed E-state index contributed by atoms with van der Waals surface area (Å²) in [5, 5.41) is 11.5. The number of alkyl halides is 3. The van der Waals surface area contributed by atoms with Crippen molar-refractivity contribution < 1.29 is 17.6 Å². The van der Waals surface area contributed by atoms with Crippen molar-refractivity contribution in [2.75, 3.05) is 5.32 Å². The molecule has 0 radical (unpaired) electrons. The van der Waals surface area contributed by atoms with E-state index in [0.717, 1.165) is 6.07 Å². The number of hydrogen-bond donors (Lipinski definition) is 1. The lowest BCUT2D eigenvalue weighted by molar-refractivity contribution is -0.139. The van der Waals surface area contributed by atoms with Gasteiger partial charge in [-0.2, -0.15) is 18.4 Å². The molecule has 21 heavy (non-hydrogen) atoms. The van der Waals surface area contributed by atoms with E-state index in [1.54, 1.807) is 6.92 Å². The molecule has 0 saturated carbocycles. The predicted molar refractivity (Wildman–Crippen MR) is 68.4 cm³/mol. The molecule has 0 saturated heterocycles. The summed E-state index contributed by atoms with van der Waals surface area (Å²) in [5.41, 5.74) is -0.468. The van der Waals surface area contributed by atoms with Crippen LogP contribution in [0, 0.1) is 24.1 Å². The van der Waals surface area contributed by atoms with E-state index in [9.17, 15) is 17.6 Å². The van der Waals surface area contributed by atoms with Gasteiger partial charge in [0.25, 0.3) is 0 Å². The van der Waals surface area contributed by atoms with E-state index in [1.165, 1.54) is 18.2 Å². The molecular formula is C14H9F4N3. The van der Waals surface area contributed by atoms with Crippen LogP contribution in [0.3, 0.4) is 0 Å². The van der Waals surface area contributed by atoms with Crippen molar-refractivity contribution in [1.82, 2.24) is 4.98 Å². The molecule has 0 spiro atoms. The third kappa shape index (κ3) is 3.48. The van der Waals surface area contributed by atoms with Crippen LogP contribution in [0.1, 0.15) is 16.8 Å². The maximum absolute atomic E-state index is 13.2. The molecule has 0 aliphatic carbocycles. The Hall–Kier alpha value is -2.62. The number of benzene rings is 1. The summed E-state index contributed by atoms with van der Waals surface area (Å²) in [6.45, 7) is 1.65. The molecule has 0 aliphatic rings. The normalized spacial score (nSPS) is 11.0. The Morgan fingerprint density at radius 3 is 2.52 bits per heavy atom. The molecule has 0 atom stereocenters. The predicted octanol–water partition coefficient (Wildman–Crippen LogP) is 4.16. The van der Waals surface area contributed by atoms with Gasteiger partial charge in [0.15, 0.2) is 0 Å². The minimum atomic E-state index is -4.78. The third-order valence-electron chi connectivity index (χ3n) is 2.63. The highest BCUT2D eigenvalue weighted by molar-refractivity contribution is 5.59. The Balaban J connectivity index is 2.37. The first-order valence-corrected chi connectivity index (χ1v) is 5.82. The van der Waals surface area contributed by atoms with Crippen molar-refractivity contribution >= 4 is 11.5 Å². The minimum absolute atomic E-state index is 0.0331. The summed E-state index contributed by atoms with van der Waals surface area (Å²) in [7, 11) is 0. The molecule has 0 amide bonds. The van der Waals surface area contributed by atoms with Crippen molar-refractivity contribution in [2.45, 2.75) is 13.1 Å². The summed E-state index contributed by atoms with van der Waals surface area (Å²) in [4.78, 5) is 4.05. The van der Waals surface area contributed by atoms with Gasteiger partial charge in [0, 0.05) is 11.4 Å². The topological polar surface area (TPSA) is 48.7 Å². The number of anilines is 2. The van der Waals surface area contributed by atoms with Crippen LogP contribution in [0.4, 0.5) is 29.1 Å². The van der Waals surface area contributed by atoms with Crippen molar-refractivity contribution in [3.8, 4) is 6.07 Å². The highest BCUT2D eigenvalue weighted by Gasteiger charge is 2.34. The Morgan fingerprint density at radius 2 is 1.90 bits per heavy atom. The van der Waals surface area contributed by atoms with Gasteiger partial charge in [-0.25, -0.2) is 9.37 Å². The number of aryl methyl sites for hydroxylation is 1. The number of nitriles is 1. The van der Waals surface area contributed by atoms with Crippen molar-refractivity contribution in [3.05, 3.63) is 53.0 Å². The second-order valence-corrected chi connectivity index (χ2v) is 4.31. The molecule has 7 heteroatoms. The van der Waals surface area contributed by atoms with Gasteiger partial charge in [-0.1, -0.05) is 0 Å². The summed E-state index contributed by atoms with van der Waals surface area (Å²) in [6, 6.07) is 7.40. The van der Waals surface area contributed by atoms with E-state index in [-0.39, 0.29) is 11.5 Å². The van der Waals surface area contributed by atoms with Gasteiger partial charge in [-0.3, -0.25) is 0 Å². The van der Waals surface area contributed by atoms with Crippen LogP contribution in [0.15, 0.2) is 30.3 Å². The van der Waals surface area contributed by atoms with E-state index >= 15 is 0 Å². The zero-order valence-electron chi connectivity index (χ0n) is 10.8. The van der Waals surface area contributed by atoms with Gasteiger partial charge >= 0.3 is 6.18 Å². The molecule has 1 N–H and O–H groups in total. The lowest BCUT2D eigenvalue weighted by atomic mass is 10.1. The quantitative estimate of drug-likeness (QED) is 0.846. The molecule has 0 fully saturated rings. The van der Waals surface area contributed by atoms with E-state index < -0.39 is 17.6 Å².